The summed E-state index contributed by atoms with van der Waals surface area (Å²) in [7, 11) is -2.83. The van der Waals surface area contributed by atoms with Crippen molar-refractivity contribution < 1.29 is 22.7 Å². The second kappa shape index (κ2) is 10.4. The molecule has 172 valence electrons. The van der Waals surface area contributed by atoms with Gasteiger partial charge in [-0.05, 0) is 55.5 Å². The minimum atomic E-state index is -4.07. The standard InChI is InChI=1S/C23H20BrClN2O5S/c1-15-6-9-19(10-7-15)33(30,31)27(18-5-3-4-17(24)13-18)14-22(28)26-21-12-16(23(29)32-2)8-11-20(21)25/h3-13H,14H2,1-2H3,(H,26,28). The first-order chi connectivity index (χ1) is 15.6. The molecular weight excluding hydrogens is 532 g/mol. The molecule has 0 aliphatic rings. The van der Waals surface area contributed by atoms with Crippen LogP contribution in [0.3, 0.4) is 0 Å². The molecule has 10 heteroatoms. The smallest absolute Gasteiger partial charge is 0.337 e. The van der Waals surface area contributed by atoms with Crippen LogP contribution in [-0.2, 0) is 19.6 Å². The minimum absolute atomic E-state index is 0.0478. The number of hydrogen-bond acceptors (Lipinski definition) is 5. The molecular formula is C23H20BrClN2O5S. The fraction of sp³-hybridized carbons (Fsp3) is 0.130. The van der Waals surface area contributed by atoms with E-state index >= 15 is 0 Å². The predicted octanol–water partition coefficient (Wildman–Crippen LogP) is 5.03. The zero-order valence-corrected chi connectivity index (χ0v) is 20.9. The Labute approximate surface area is 205 Å². The van der Waals surface area contributed by atoms with Gasteiger partial charge in [0.05, 0.1) is 34.0 Å². The summed E-state index contributed by atoms with van der Waals surface area (Å²) < 4.78 is 33.2. The number of hydrogen-bond donors (Lipinski definition) is 1. The first kappa shape index (κ1) is 24.8. The number of anilines is 2. The van der Waals surface area contributed by atoms with E-state index in [1.165, 1.54) is 37.4 Å². The summed E-state index contributed by atoms with van der Waals surface area (Å²) >= 11 is 9.50. The van der Waals surface area contributed by atoms with E-state index in [-0.39, 0.29) is 21.2 Å². The molecule has 0 saturated heterocycles. The summed E-state index contributed by atoms with van der Waals surface area (Å²) in [6.45, 7) is 1.33. The lowest BCUT2D eigenvalue weighted by atomic mass is 10.2. The number of esters is 1. The summed E-state index contributed by atoms with van der Waals surface area (Å²) in [5.74, 6) is -1.24. The maximum Gasteiger partial charge on any atom is 0.337 e. The van der Waals surface area contributed by atoms with Crippen LogP contribution in [0.25, 0.3) is 0 Å². The monoisotopic (exact) mass is 550 g/mol. The Balaban J connectivity index is 1.95. The van der Waals surface area contributed by atoms with Gasteiger partial charge in [-0.3, -0.25) is 9.10 Å². The first-order valence-electron chi connectivity index (χ1n) is 9.64. The molecule has 0 atom stereocenters. The molecule has 0 radical (unpaired) electrons. The fourth-order valence-corrected chi connectivity index (χ4v) is 4.93. The number of nitrogens with one attached hydrogen (secondary N) is 1. The number of carbonyl (C=O) groups is 2. The highest BCUT2D eigenvalue weighted by atomic mass is 79.9. The van der Waals surface area contributed by atoms with Gasteiger partial charge < -0.3 is 10.1 Å². The van der Waals surface area contributed by atoms with E-state index in [0.29, 0.717) is 10.2 Å². The molecule has 0 fully saturated rings. The van der Waals surface area contributed by atoms with Gasteiger partial charge in [0.1, 0.15) is 6.54 Å². The molecule has 0 saturated carbocycles. The van der Waals surface area contributed by atoms with Crippen LogP contribution in [0.1, 0.15) is 15.9 Å². The SMILES string of the molecule is COC(=O)c1ccc(Cl)c(NC(=O)CN(c2cccc(Br)c2)S(=O)(=O)c2ccc(C)cc2)c1. The Morgan fingerprint density at radius 3 is 2.39 bits per heavy atom. The number of rotatable bonds is 7. The Morgan fingerprint density at radius 2 is 1.76 bits per heavy atom. The van der Waals surface area contributed by atoms with Gasteiger partial charge in [-0.2, -0.15) is 0 Å². The number of halogens is 2. The van der Waals surface area contributed by atoms with Crippen molar-refractivity contribution >= 4 is 60.8 Å². The number of amides is 1. The molecule has 0 aliphatic carbocycles. The number of aryl methyl sites for hydroxylation is 1. The zero-order valence-electron chi connectivity index (χ0n) is 17.7. The normalized spacial score (nSPS) is 11.0. The summed E-state index contributed by atoms with van der Waals surface area (Å²) in [4.78, 5) is 24.8. The summed E-state index contributed by atoms with van der Waals surface area (Å²) in [5.41, 5.74) is 1.55. The van der Waals surface area contributed by atoms with E-state index in [0.717, 1.165) is 9.87 Å². The summed E-state index contributed by atoms with van der Waals surface area (Å²) in [6.07, 6.45) is 0. The largest absolute Gasteiger partial charge is 0.465 e. The summed E-state index contributed by atoms with van der Waals surface area (Å²) in [5, 5.41) is 2.77. The summed E-state index contributed by atoms with van der Waals surface area (Å²) in [6, 6.07) is 17.2. The average Bonchev–Trinajstić information content (AvgIpc) is 2.78. The Morgan fingerprint density at radius 1 is 1.06 bits per heavy atom. The molecule has 1 N–H and O–H groups in total. The van der Waals surface area contributed by atoms with Crippen LogP contribution in [-0.4, -0.2) is 33.9 Å². The van der Waals surface area contributed by atoms with Crippen LogP contribution in [0.2, 0.25) is 5.02 Å². The van der Waals surface area contributed by atoms with Crippen LogP contribution in [0, 0.1) is 6.92 Å². The minimum Gasteiger partial charge on any atom is -0.465 e. The molecule has 0 aliphatic heterocycles. The van der Waals surface area contributed by atoms with Gasteiger partial charge in [-0.25, -0.2) is 13.2 Å². The second-order valence-corrected chi connectivity index (χ2v) is 10.2. The molecule has 0 bridgehead atoms. The number of sulfonamides is 1. The molecule has 33 heavy (non-hydrogen) atoms. The maximum atomic E-state index is 13.4. The van der Waals surface area contributed by atoms with Crippen molar-refractivity contribution in [1.82, 2.24) is 0 Å². The van der Waals surface area contributed by atoms with Crippen molar-refractivity contribution in [1.29, 1.82) is 0 Å². The first-order valence-corrected chi connectivity index (χ1v) is 12.3. The molecule has 1 amide bonds. The lowest BCUT2D eigenvalue weighted by Gasteiger charge is -2.24. The highest BCUT2D eigenvalue weighted by Crippen LogP contribution is 2.28. The van der Waals surface area contributed by atoms with Crippen molar-refractivity contribution in [3.05, 3.63) is 87.4 Å². The van der Waals surface area contributed by atoms with Crippen molar-refractivity contribution in [2.75, 3.05) is 23.3 Å². The van der Waals surface area contributed by atoms with Gasteiger partial charge in [-0.1, -0.05) is 51.3 Å². The highest BCUT2D eigenvalue weighted by molar-refractivity contribution is 9.10. The molecule has 3 aromatic rings. The zero-order chi connectivity index (χ0) is 24.2. The van der Waals surface area contributed by atoms with Gasteiger partial charge >= 0.3 is 5.97 Å². The van der Waals surface area contributed by atoms with Crippen LogP contribution >= 0.6 is 27.5 Å². The maximum absolute atomic E-state index is 13.4. The number of benzene rings is 3. The number of nitrogens with zero attached hydrogens (tertiary/aromatic N) is 1. The molecule has 3 rings (SSSR count). The van der Waals surface area contributed by atoms with Gasteiger partial charge in [0.2, 0.25) is 5.91 Å². The van der Waals surface area contributed by atoms with E-state index in [4.69, 9.17) is 11.6 Å². The Hall–Kier alpha value is -2.88. The van der Waals surface area contributed by atoms with Crippen molar-refractivity contribution in [2.24, 2.45) is 0 Å². The molecule has 3 aromatic carbocycles. The molecule has 0 spiro atoms. The third-order valence-corrected chi connectivity index (χ3v) is 7.26. The quantitative estimate of drug-likeness (QED) is 0.416. The molecule has 0 unspecified atom stereocenters. The van der Waals surface area contributed by atoms with E-state index in [9.17, 15) is 18.0 Å². The van der Waals surface area contributed by atoms with Crippen molar-refractivity contribution in [3.8, 4) is 0 Å². The Bertz CT molecular complexity index is 1300. The van der Waals surface area contributed by atoms with Gasteiger partial charge in [0.15, 0.2) is 0 Å². The van der Waals surface area contributed by atoms with Crippen molar-refractivity contribution in [2.45, 2.75) is 11.8 Å². The number of methoxy groups -OCH3 is 1. The van der Waals surface area contributed by atoms with Crippen molar-refractivity contribution in [3.63, 3.8) is 0 Å². The second-order valence-electron chi connectivity index (χ2n) is 7.04. The van der Waals surface area contributed by atoms with Crippen LogP contribution < -0.4 is 9.62 Å². The van der Waals surface area contributed by atoms with Gasteiger partial charge in [-0.15, -0.1) is 0 Å². The average molecular weight is 552 g/mol. The number of ether oxygens (including phenoxy) is 1. The van der Waals surface area contributed by atoms with Crippen LogP contribution in [0.15, 0.2) is 76.1 Å². The third kappa shape index (κ3) is 5.93. The van der Waals surface area contributed by atoms with Gasteiger partial charge in [0.25, 0.3) is 10.0 Å². The Kier molecular flexibility index (Phi) is 7.78. The highest BCUT2D eigenvalue weighted by Gasteiger charge is 2.27. The van der Waals surface area contributed by atoms with E-state index in [1.807, 2.05) is 6.92 Å². The topological polar surface area (TPSA) is 92.8 Å². The lowest BCUT2D eigenvalue weighted by molar-refractivity contribution is -0.114. The van der Waals surface area contributed by atoms with E-state index in [2.05, 4.69) is 26.0 Å². The third-order valence-electron chi connectivity index (χ3n) is 4.65. The predicted molar refractivity (Wildman–Crippen MR) is 131 cm³/mol. The van der Waals surface area contributed by atoms with Crippen LogP contribution in [0.4, 0.5) is 11.4 Å². The van der Waals surface area contributed by atoms with Crippen LogP contribution in [0.5, 0.6) is 0 Å². The van der Waals surface area contributed by atoms with E-state index < -0.39 is 28.4 Å². The van der Waals surface area contributed by atoms with E-state index in [1.54, 1.807) is 36.4 Å². The fourth-order valence-electron chi connectivity index (χ4n) is 2.97. The molecule has 0 aromatic heterocycles. The molecule has 0 heterocycles. The van der Waals surface area contributed by atoms with Gasteiger partial charge in [0, 0.05) is 4.47 Å². The number of carbonyl (C=O) groups excluding carboxylic acids is 2. The molecule has 7 nitrogen and oxygen atoms in total. The lowest BCUT2D eigenvalue weighted by Crippen LogP contribution is -2.38.